The Morgan fingerprint density at radius 1 is 1.00 bits per heavy atom. The molecular weight excluding hydrogens is 362 g/mol. The third kappa shape index (κ3) is 4.60. The van der Waals surface area contributed by atoms with E-state index < -0.39 is 0 Å². The first-order valence-electron chi connectivity index (χ1n) is 8.46. The molecule has 138 valence electrons. The molecule has 5 heteroatoms. The van der Waals surface area contributed by atoms with Crippen molar-refractivity contribution in [3.05, 3.63) is 82.9 Å². The Balaban J connectivity index is 1.77. The molecule has 0 aliphatic rings. The van der Waals surface area contributed by atoms with Gasteiger partial charge in [0.05, 0.1) is 19.8 Å². The zero-order valence-corrected chi connectivity index (χ0v) is 15.9. The summed E-state index contributed by atoms with van der Waals surface area (Å²) in [5, 5.41) is 4.04. The third-order valence-corrected chi connectivity index (χ3v) is 4.44. The predicted octanol–water partition coefficient (Wildman–Crippen LogP) is 5.41. The first-order chi connectivity index (χ1) is 13.1. The number of methoxy groups -OCH3 is 2. The summed E-state index contributed by atoms with van der Waals surface area (Å²) >= 11 is 6.13. The summed E-state index contributed by atoms with van der Waals surface area (Å²) in [5.41, 5.74) is 4.53. The molecule has 4 nitrogen and oxygen atoms in total. The lowest BCUT2D eigenvalue weighted by Crippen LogP contribution is -2.03. The fourth-order valence-corrected chi connectivity index (χ4v) is 2.98. The lowest BCUT2D eigenvalue weighted by molar-refractivity contribution is 0.0601. The molecular formula is C22H20ClNO3. The monoisotopic (exact) mass is 381 g/mol. The van der Waals surface area contributed by atoms with E-state index in [2.05, 4.69) is 11.4 Å². The quantitative estimate of drug-likeness (QED) is 0.579. The zero-order chi connectivity index (χ0) is 19.2. The van der Waals surface area contributed by atoms with Crippen molar-refractivity contribution in [3.63, 3.8) is 0 Å². The molecule has 0 saturated heterocycles. The van der Waals surface area contributed by atoms with Gasteiger partial charge in [0.2, 0.25) is 0 Å². The zero-order valence-electron chi connectivity index (χ0n) is 15.2. The fraction of sp³-hybridized carbons (Fsp3) is 0.136. The number of carbonyl (C=O) groups is 1. The van der Waals surface area contributed by atoms with Crippen LogP contribution in [0.3, 0.4) is 0 Å². The maximum atomic E-state index is 11.5. The van der Waals surface area contributed by atoms with Crippen LogP contribution in [0.2, 0.25) is 5.02 Å². The molecule has 3 aromatic carbocycles. The number of esters is 1. The number of benzene rings is 3. The van der Waals surface area contributed by atoms with Crippen LogP contribution in [0.25, 0.3) is 11.1 Å². The van der Waals surface area contributed by atoms with Gasteiger partial charge < -0.3 is 14.8 Å². The molecule has 0 bridgehead atoms. The Kier molecular flexibility index (Phi) is 5.99. The van der Waals surface area contributed by atoms with E-state index in [1.165, 1.54) is 7.11 Å². The molecule has 0 radical (unpaired) electrons. The van der Waals surface area contributed by atoms with Crippen molar-refractivity contribution >= 4 is 23.3 Å². The second-order valence-electron chi connectivity index (χ2n) is 5.97. The van der Waals surface area contributed by atoms with Gasteiger partial charge in [-0.25, -0.2) is 4.79 Å². The van der Waals surface area contributed by atoms with Gasteiger partial charge in [0.1, 0.15) is 5.75 Å². The van der Waals surface area contributed by atoms with Crippen LogP contribution >= 0.6 is 11.6 Å². The first kappa shape index (κ1) is 18.8. The number of ether oxygens (including phenoxy) is 2. The summed E-state index contributed by atoms with van der Waals surface area (Å²) in [7, 11) is 3.03. The molecule has 0 unspecified atom stereocenters. The molecule has 0 amide bonds. The topological polar surface area (TPSA) is 47.6 Å². The molecule has 0 fully saturated rings. The van der Waals surface area contributed by atoms with Crippen molar-refractivity contribution in [1.82, 2.24) is 0 Å². The first-order valence-corrected chi connectivity index (χ1v) is 8.83. The minimum atomic E-state index is -0.345. The Labute approximate surface area is 163 Å². The van der Waals surface area contributed by atoms with Gasteiger partial charge in [-0.3, -0.25) is 0 Å². The molecule has 0 heterocycles. The van der Waals surface area contributed by atoms with E-state index >= 15 is 0 Å². The van der Waals surface area contributed by atoms with E-state index in [-0.39, 0.29) is 5.97 Å². The van der Waals surface area contributed by atoms with Gasteiger partial charge in [-0.15, -0.1) is 0 Å². The molecule has 3 aromatic rings. The van der Waals surface area contributed by atoms with Crippen LogP contribution in [0.1, 0.15) is 15.9 Å². The summed E-state index contributed by atoms with van der Waals surface area (Å²) in [6.45, 7) is 0.634. The highest BCUT2D eigenvalue weighted by molar-refractivity contribution is 6.30. The van der Waals surface area contributed by atoms with Crippen LogP contribution in [-0.4, -0.2) is 20.2 Å². The van der Waals surface area contributed by atoms with Crippen LogP contribution in [0.4, 0.5) is 5.69 Å². The Bertz CT molecular complexity index is 939. The van der Waals surface area contributed by atoms with Crippen molar-refractivity contribution in [3.8, 4) is 16.9 Å². The van der Waals surface area contributed by atoms with Crippen LogP contribution in [0, 0.1) is 0 Å². The average Bonchev–Trinajstić information content (AvgIpc) is 2.72. The lowest BCUT2D eigenvalue weighted by Gasteiger charge is -2.13. The lowest BCUT2D eigenvalue weighted by atomic mass is 10.0. The predicted molar refractivity (Wildman–Crippen MR) is 109 cm³/mol. The maximum Gasteiger partial charge on any atom is 0.337 e. The maximum absolute atomic E-state index is 11.5. The van der Waals surface area contributed by atoms with Crippen molar-refractivity contribution in [2.45, 2.75) is 6.54 Å². The molecule has 0 aromatic heterocycles. The molecule has 3 rings (SSSR count). The molecule has 0 atom stereocenters. The smallest absolute Gasteiger partial charge is 0.337 e. The van der Waals surface area contributed by atoms with Gasteiger partial charge in [-0.1, -0.05) is 29.8 Å². The molecule has 0 aliphatic heterocycles. The van der Waals surface area contributed by atoms with Gasteiger partial charge >= 0.3 is 5.97 Å². The van der Waals surface area contributed by atoms with Crippen LogP contribution in [-0.2, 0) is 11.3 Å². The summed E-state index contributed by atoms with van der Waals surface area (Å²) < 4.78 is 10.2. The highest BCUT2D eigenvalue weighted by atomic mass is 35.5. The molecule has 0 aliphatic carbocycles. The SMILES string of the molecule is COC(=O)c1ccc(NCc2ccc(OC)c(-c3cccc(Cl)c3)c2)cc1. The molecule has 0 saturated carbocycles. The van der Waals surface area contributed by atoms with Crippen molar-refractivity contribution < 1.29 is 14.3 Å². The second kappa shape index (κ2) is 8.60. The van der Waals surface area contributed by atoms with E-state index in [9.17, 15) is 4.79 Å². The van der Waals surface area contributed by atoms with E-state index in [0.717, 1.165) is 28.1 Å². The van der Waals surface area contributed by atoms with Crippen LogP contribution in [0.5, 0.6) is 5.75 Å². The number of anilines is 1. The van der Waals surface area contributed by atoms with Gasteiger partial charge in [-0.2, -0.15) is 0 Å². The Hall–Kier alpha value is -2.98. The fourth-order valence-electron chi connectivity index (χ4n) is 2.79. The number of rotatable bonds is 6. The standard InChI is InChI=1S/C22H20ClNO3/c1-26-21-11-6-15(12-20(21)17-4-3-5-18(23)13-17)14-24-19-9-7-16(8-10-19)22(25)27-2/h3-13,24H,14H2,1-2H3. The van der Waals surface area contributed by atoms with E-state index in [0.29, 0.717) is 17.1 Å². The summed E-state index contributed by atoms with van der Waals surface area (Å²) in [5.74, 6) is 0.450. The Morgan fingerprint density at radius 3 is 2.44 bits per heavy atom. The number of nitrogens with one attached hydrogen (secondary N) is 1. The summed E-state index contributed by atoms with van der Waals surface area (Å²) in [6, 6.07) is 20.9. The molecule has 1 N–H and O–H groups in total. The largest absolute Gasteiger partial charge is 0.496 e. The number of halogens is 1. The van der Waals surface area contributed by atoms with Crippen molar-refractivity contribution in [2.24, 2.45) is 0 Å². The van der Waals surface area contributed by atoms with Gasteiger partial charge in [-0.05, 0) is 59.7 Å². The van der Waals surface area contributed by atoms with Gasteiger partial charge in [0, 0.05) is 22.8 Å². The Morgan fingerprint density at radius 2 is 1.78 bits per heavy atom. The third-order valence-electron chi connectivity index (χ3n) is 4.20. The highest BCUT2D eigenvalue weighted by Crippen LogP contribution is 2.32. The summed E-state index contributed by atoms with van der Waals surface area (Å²) in [4.78, 5) is 11.5. The van der Waals surface area contributed by atoms with Gasteiger partial charge in [0.15, 0.2) is 0 Å². The van der Waals surface area contributed by atoms with Crippen molar-refractivity contribution in [1.29, 1.82) is 0 Å². The number of hydrogen-bond acceptors (Lipinski definition) is 4. The van der Waals surface area contributed by atoms with Gasteiger partial charge in [0.25, 0.3) is 0 Å². The van der Waals surface area contributed by atoms with E-state index in [1.54, 1.807) is 19.2 Å². The minimum absolute atomic E-state index is 0.345. The molecule has 0 spiro atoms. The second-order valence-corrected chi connectivity index (χ2v) is 6.40. The van der Waals surface area contributed by atoms with Crippen LogP contribution in [0.15, 0.2) is 66.7 Å². The van der Waals surface area contributed by atoms with E-state index in [4.69, 9.17) is 21.1 Å². The van der Waals surface area contributed by atoms with Crippen molar-refractivity contribution in [2.75, 3.05) is 19.5 Å². The highest BCUT2D eigenvalue weighted by Gasteiger charge is 2.08. The normalized spacial score (nSPS) is 10.3. The van der Waals surface area contributed by atoms with Crippen LogP contribution < -0.4 is 10.1 Å². The molecule has 27 heavy (non-hydrogen) atoms. The minimum Gasteiger partial charge on any atom is -0.496 e. The van der Waals surface area contributed by atoms with E-state index in [1.807, 2.05) is 48.5 Å². The average molecular weight is 382 g/mol. The number of hydrogen-bond donors (Lipinski definition) is 1. The number of carbonyl (C=O) groups excluding carboxylic acids is 1. The summed E-state index contributed by atoms with van der Waals surface area (Å²) in [6.07, 6.45) is 0.